The third-order valence-electron chi connectivity index (χ3n) is 1.54. The van der Waals surface area contributed by atoms with Gasteiger partial charge in [0, 0.05) is 7.05 Å². The van der Waals surface area contributed by atoms with Crippen LogP contribution in [0.5, 0.6) is 0 Å². The summed E-state index contributed by atoms with van der Waals surface area (Å²) in [6, 6.07) is 8.94. The number of hydrogen-bond acceptors (Lipinski definition) is 3. The second-order valence-electron chi connectivity index (χ2n) is 2.23. The maximum atomic E-state index is 8.67. The SMILES string of the molecule is CNc1ccc(C#N)cc1C#N. The molecular formula is C9H7N3. The Labute approximate surface area is 70.9 Å². The van der Waals surface area contributed by atoms with E-state index in [1.54, 1.807) is 25.2 Å². The van der Waals surface area contributed by atoms with Crippen molar-refractivity contribution in [1.29, 1.82) is 10.5 Å². The van der Waals surface area contributed by atoms with Crippen molar-refractivity contribution in [2.24, 2.45) is 0 Å². The average molecular weight is 157 g/mol. The predicted octanol–water partition coefficient (Wildman–Crippen LogP) is 1.47. The number of nitrogens with zero attached hydrogens (tertiary/aromatic N) is 2. The molecule has 1 aromatic rings. The number of nitrogens with one attached hydrogen (secondary N) is 1. The summed E-state index contributed by atoms with van der Waals surface area (Å²) < 4.78 is 0. The van der Waals surface area contributed by atoms with Crippen molar-refractivity contribution in [3.8, 4) is 12.1 Å². The van der Waals surface area contributed by atoms with Crippen molar-refractivity contribution in [1.82, 2.24) is 0 Å². The lowest BCUT2D eigenvalue weighted by molar-refractivity contribution is 1.42. The first-order valence-electron chi connectivity index (χ1n) is 3.44. The molecule has 0 aliphatic heterocycles. The van der Waals surface area contributed by atoms with Gasteiger partial charge in [0.2, 0.25) is 0 Å². The molecule has 1 N–H and O–H groups in total. The Morgan fingerprint density at radius 3 is 2.50 bits per heavy atom. The third kappa shape index (κ3) is 1.36. The highest BCUT2D eigenvalue weighted by Gasteiger charge is 2.00. The van der Waals surface area contributed by atoms with Gasteiger partial charge in [0.1, 0.15) is 6.07 Å². The second-order valence-corrected chi connectivity index (χ2v) is 2.23. The normalized spacial score (nSPS) is 8.25. The van der Waals surface area contributed by atoms with E-state index in [1.165, 1.54) is 0 Å². The highest BCUT2D eigenvalue weighted by molar-refractivity contribution is 5.59. The first-order valence-corrected chi connectivity index (χ1v) is 3.44. The largest absolute Gasteiger partial charge is 0.387 e. The van der Waals surface area contributed by atoms with Gasteiger partial charge in [-0.3, -0.25) is 0 Å². The zero-order valence-corrected chi connectivity index (χ0v) is 6.63. The lowest BCUT2D eigenvalue weighted by Gasteiger charge is -2.01. The molecule has 3 heteroatoms. The second kappa shape index (κ2) is 3.41. The number of rotatable bonds is 1. The van der Waals surface area contributed by atoms with Crippen molar-refractivity contribution in [2.75, 3.05) is 12.4 Å². The molecule has 0 spiro atoms. The molecule has 0 saturated heterocycles. The van der Waals surface area contributed by atoms with Gasteiger partial charge in [0.15, 0.2) is 0 Å². The summed E-state index contributed by atoms with van der Waals surface area (Å²) in [6.07, 6.45) is 0. The molecule has 0 atom stereocenters. The lowest BCUT2D eigenvalue weighted by Crippen LogP contribution is -1.92. The fourth-order valence-electron chi connectivity index (χ4n) is 0.924. The van der Waals surface area contributed by atoms with Gasteiger partial charge >= 0.3 is 0 Å². The van der Waals surface area contributed by atoms with Crippen LogP contribution in [0.15, 0.2) is 18.2 Å². The van der Waals surface area contributed by atoms with Crippen LogP contribution in [0.3, 0.4) is 0 Å². The molecule has 1 aromatic carbocycles. The van der Waals surface area contributed by atoms with E-state index in [1.807, 2.05) is 12.1 Å². The minimum atomic E-state index is 0.497. The van der Waals surface area contributed by atoms with E-state index in [2.05, 4.69) is 5.32 Å². The Morgan fingerprint density at radius 2 is 2.00 bits per heavy atom. The molecule has 0 amide bonds. The Morgan fingerprint density at radius 1 is 1.25 bits per heavy atom. The zero-order chi connectivity index (χ0) is 8.97. The van der Waals surface area contributed by atoms with E-state index in [9.17, 15) is 0 Å². The summed E-state index contributed by atoms with van der Waals surface area (Å²) in [4.78, 5) is 0. The van der Waals surface area contributed by atoms with Crippen LogP contribution in [-0.2, 0) is 0 Å². The van der Waals surface area contributed by atoms with Crippen molar-refractivity contribution in [2.45, 2.75) is 0 Å². The van der Waals surface area contributed by atoms with Gasteiger partial charge in [-0.05, 0) is 18.2 Å². The summed E-state index contributed by atoms with van der Waals surface area (Å²) in [6.45, 7) is 0. The van der Waals surface area contributed by atoms with Crippen LogP contribution in [0, 0.1) is 22.7 Å². The van der Waals surface area contributed by atoms with Gasteiger partial charge in [0.25, 0.3) is 0 Å². The smallest absolute Gasteiger partial charge is 0.101 e. The zero-order valence-electron chi connectivity index (χ0n) is 6.63. The Kier molecular flexibility index (Phi) is 2.30. The number of benzene rings is 1. The maximum absolute atomic E-state index is 8.67. The maximum Gasteiger partial charge on any atom is 0.101 e. The van der Waals surface area contributed by atoms with E-state index in [-0.39, 0.29) is 0 Å². The molecule has 0 fully saturated rings. The van der Waals surface area contributed by atoms with Gasteiger partial charge in [-0.1, -0.05) is 0 Å². The van der Waals surface area contributed by atoms with Crippen molar-refractivity contribution >= 4 is 5.69 Å². The van der Waals surface area contributed by atoms with Crippen LogP contribution in [0.25, 0.3) is 0 Å². The molecule has 0 aliphatic carbocycles. The fourth-order valence-corrected chi connectivity index (χ4v) is 0.924. The quantitative estimate of drug-likeness (QED) is 0.671. The molecule has 0 bridgehead atoms. The van der Waals surface area contributed by atoms with E-state index in [4.69, 9.17) is 10.5 Å². The van der Waals surface area contributed by atoms with Gasteiger partial charge < -0.3 is 5.32 Å². The van der Waals surface area contributed by atoms with Gasteiger partial charge in [-0.25, -0.2) is 0 Å². The highest BCUT2D eigenvalue weighted by atomic mass is 14.8. The Bertz CT molecular complexity index is 368. The molecular weight excluding hydrogens is 150 g/mol. The van der Waals surface area contributed by atoms with Gasteiger partial charge in [-0.15, -0.1) is 0 Å². The standard InChI is InChI=1S/C9H7N3/c1-12-9-3-2-7(5-10)4-8(9)6-11/h2-4,12H,1H3. The number of anilines is 1. The lowest BCUT2D eigenvalue weighted by atomic mass is 10.1. The van der Waals surface area contributed by atoms with E-state index >= 15 is 0 Å². The van der Waals surface area contributed by atoms with E-state index in [0.29, 0.717) is 11.1 Å². The van der Waals surface area contributed by atoms with Crippen LogP contribution in [0.1, 0.15) is 11.1 Å². The van der Waals surface area contributed by atoms with Crippen LogP contribution < -0.4 is 5.32 Å². The van der Waals surface area contributed by atoms with Gasteiger partial charge in [-0.2, -0.15) is 10.5 Å². The molecule has 0 aliphatic rings. The van der Waals surface area contributed by atoms with E-state index in [0.717, 1.165) is 5.69 Å². The van der Waals surface area contributed by atoms with Gasteiger partial charge in [0.05, 0.1) is 22.9 Å². The minimum Gasteiger partial charge on any atom is -0.387 e. The van der Waals surface area contributed by atoms with Crippen molar-refractivity contribution in [3.05, 3.63) is 29.3 Å². The Balaban J connectivity index is 3.24. The molecule has 58 valence electrons. The summed E-state index contributed by atoms with van der Waals surface area (Å²) in [5.74, 6) is 0. The highest BCUT2D eigenvalue weighted by Crippen LogP contribution is 2.14. The third-order valence-corrected chi connectivity index (χ3v) is 1.54. The summed E-state index contributed by atoms with van der Waals surface area (Å²) in [7, 11) is 1.74. The molecule has 3 nitrogen and oxygen atoms in total. The fraction of sp³-hybridized carbons (Fsp3) is 0.111. The molecule has 0 unspecified atom stereocenters. The molecule has 0 aromatic heterocycles. The molecule has 12 heavy (non-hydrogen) atoms. The summed E-state index contributed by atoms with van der Waals surface area (Å²) in [5.41, 5.74) is 1.75. The number of hydrogen-bond donors (Lipinski definition) is 1. The average Bonchev–Trinajstić information content (AvgIpc) is 2.16. The van der Waals surface area contributed by atoms with Crippen LogP contribution >= 0.6 is 0 Å². The first-order chi connectivity index (χ1) is 5.81. The first kappa shape index (κ1) is 8.10. The topological polar surface area (TPSA) is 59.6 Å². The summed E-state index contributed by atoms with van der Waals surface area (Å²) in [5, 5.41) is 20.1. The number of nitriles is 2. The monoisotopic (exact) mass is 157 g/mol. The predicted molar refractivity (Wildman–Crippen MR) is 45.4 cm³/mol. The van der Waals surface area contributed by atoms with Crippen molar-refractivity contribution < 1.29 is 0 Å². The Hall–Kier alpha value is -2.00. The van der Waals surface area contributed by atoms with Crippen molar-refractivity contribution in [3.63, 3.8) is 0 Å². The van der Waals surface area contributed by atoms with E-state index < -0.39 is 0 Å². The summed E-state index contributed by atoms with van der Waals surface area (Å²) >= 11 is 0. The minimum absolute atomic E-state index is 0.497. The molecule has 0 heterocycles. The molecule has 0 saturated carbocycles. The molecule has 0 radical (unpaired) electrons. The van der Waals surface area contributed by atoms with Crippen LogP contribution in [0.2, 0.25) is 0 Å². The molecule has 1 rings (SSSR count). The van der Waals surface area contributed by atoms with Crippen LogP contribution in [-0.4, -0.2) is 7.05 Å². The van der Waals surface area contributed by atoms with Crippen LogP contribution in [0.4, 0.5) is 5.69 Å².